The first-order valence-electron chi connectivity index (χ1n) is 11.3. The van der Waals surface area contributed by atoms with E-state index in [-0.39, 0.29) is 12.5 Å². The zero-order chi connectivity index (χ0) is 25.1. The minimum Gasteiger partial charge on any atom is -0.489 e. The van der Waals surface area contributed by atoms with E-state index in [9.17, 15) is 0 Å². The number of benzene rings is 2. The average molecular weight is 508 g/mol. The Hall–Kier alpha value is -3.28. The van der Waals surface area contributed by atoms with Crippen LogP contribution in [-0.2, 0) is 6.61 Å². The highest BCUT2D eigenvalue weighted by Gasteiger charge is 2.24. The molecule has 0 fully saturated rings. The second kappa shape index (κ2) is 10.5. The molecule has 2 aromatic heterocycles. The van der Waals surface area contributed by atoms with Crippen LogP contribution < -0.4 is 9.64 Å². The van der Waals surface area contributed by atoms with Gasteiger partial charge in [0.1, 0.15) is 23.8 Å². The molecule has 35 heavy (non-hydrogen) atoms. The van der Waals surface area contributed by atoms with E-state index in [0.29, 0.717) is 21.3 Å². The molecule has 0 aliphatic carbocycles. The van der Waals surface area contributed by atoms with Crippen molar-refractivity contribution >= 4 is 28.9 Å². The molecule has 0 atom stereocenters. The second-order valence-corrected chi connectivity index (χ2v) is 9.43. The summed E-state index contributed by atoms with van der Waals surface area (Å²) in [6.45, 7) is 10.3. The number of ether oxygens (including phenoxy) is 1. The molecule has 0 N–H and O–H groups in total. The van der Waals surface area contributed by atoms with Crippen LogP contribution in [0.3, 0.4) is 0 Å². The Morgan fingerprint density at radius 2 is 1.71 bits per heavy atom. The predicted molar refractivity (Wildman–Crippen MR) is 143 cm³/mol. The van der Waals surface area contributed by atoms with Crippen LogP contribution in [0.1, 0.15) is 36.7 Å². The Morgan fingerprint density at radius 1 is 1.06 bits per heavy atom. The van der Waals surface area contributed by atoms with E-state index in [0.717, 1.165) is 33.9 Å². The molecule has 4 rings (SSSR count). The number of nitrogens with zero attached hydrogens (tertiary/aromatic N) is 3. The van der Waals surface area contributed by atoms with Crippen LogP contribution in [0.15, 0.2) is 72.2 Å². The second-order valence-electron chi connectivity index (χ2n) is 8.61. The molecule has 0 aliphatic rings. The maximum Gasteiger partial charge on any atom is 0.146 e. The summed E-state index contributed by atoms with van der Waals surface area (Å²) in [5.41, 5.74) is 6.50. The van der Waals surface area contributed by atoms with Crippen LogP contribution in [0.2, 0.25) is 10.0 Å². The van der Waals surface area contributed by atoms with Crippen LogP contribution in [0.5, 0.6) is 5.75 Å². The molecule has 7 heteroatoms. The fraction of sp³-hybridized carbons (Fsp3) is 0.214. The lowest BCUT2D eigenvalue weighted by Crippen LogP contribution is -2.08. The first kappa shape index (κ1) is 24.8. The molecule has 0 saturated heterocycles. The molecule has 2 aromatic carbocycles. The minimum atomic E-state index is 0.112. The van der Waals surface area contributed by atoms with Gasteiger partial charge >= 0.3 is 0 Å². The standard InChI is InChI=1S/C28H27Cl2N3O2/c1-6-33(5)25-13-20(8-7-18(25)4)19-9-11-21(12-10-19)34-16-22-27(32-35-28(22)17(2)3)26-23(29)14-31-15-24(26)30/h6-15,17H,1,16H2,2-5H3. The lowest BCUT2D eigenvalue weighted by atomic mass is 10.0. The van der Waals surface area contributed by atoms with Gasteiger partial charge in [-0.2, -0.15) is 0 Å². The van der Waals surface area contributed by atoms with Gasteiger partial charge in [0.25, 0.3) is 0 Å². The zero-order valence-electron chi connectivity index (χ0n) is 20.2. The van der Waals surface area contributed by atoms with Crippen molar-refractivity contribution < 1.29 is 9.26 Å². The quantitative estimate of drug-likeness (QED) is 0.240. The van der Waals surface area contributed by atoms with Gasteiger partial charge in [-0.1, -0.05) is 73.1 Å². The van der Waals surface area contributed by atoms with Crippen LogP contribution in [-0.4, -0.2) is 17.2 Å². The van der Waals surface area contributed by atoms with Crippen molar-refractivity contribution in [2.24, 2.45) is 0 Å². The third-order valence-corrected chi connectivity index (χ3v) is 6.44. The fourth-order valence-corrected chi connectivity index (χ4v) is 4.46. The number of pyridine rings is 1. The number of hydrogen-bond acceptors (Lipinski definition) is 5. The molecular weight excluding hydrogens is 481 g/mol. The summed E-state index contributed by atoms with van der Waals surface area (Å²) in [5, 5.41) is 5.09. The highest BCUT2D eigenvalue weighted by molar-refractivity contribution is 6.38. The first-order chi connectivity index (χ1) is 16.8. The van der Waals surface area contributed by atoms with Gasteiger partial charge in [0, 0.05) is 36.6 Å². The number of aromatic nitrogens is 2. The molecule has 180 valence electrons. The van der Waals surface area contributed by atoms with Gasteiger partial charge in [-0.25, -0.2) is 0 Å². The van der Waals surface area contributed by atoms with Gasteiger partial charge in [0.2, 0.25) is 0 Å². The van der Waals surface area contributed by atoms with Gasteiger partial charge in [-0.05, 0) is 48.0 Å². The topological polar surface area (TPSA) is 51.4 Å². The molecule has 0 aliphatic heterocycles. The van der Waals surface area contributed by atoms with Gasteiger partial charge in [-0.15, -0.1) is 0 Å². The number of aryl methyl sites for hydroxylation is 1. The van der Waals surface area contributed by atoms with E-state index >= 15 is 0 Å². The van der Waals surface area contributed by atoms with Crippen LogP contribution in [0.25, 0.3) is 22.4 Å². The predicted octanol–water partition coefficient (Wildman–Crippen LogP) is 8.30. The van der Waals surface area contributed by atoms with Gasteiger partial charge in [0.15, 0.2) is 0 Å². The Balaban J connectivity index is 1.59. The maximum atomic E-state index is 6.39. The average Bonchev–Trinajstić information content (AvgIpc) is 3.26. The molecule has 4 aromatic rings. The van der Waals surface area contributed by atoms with Crippen molar-refractivity contribution in [3.8, 4) is 28.1 Å². The number of anilines is 1. The Kier molecular flexibility index (Phi) is 7.48. The van der Waals surface area contributed by atoms with Crippen molar-refractivity contribution in [2.75, 3.05) is 11.9 Å². The smallest absolute Gasteiger partial charge is 0.146 e. The third kappa shape index (κ3) is 5.21. The monoisotopic (exact) mass is 507 g/mol. The summed E-state index contributed by atoms with van der Waals surface area (Å²) in [6.07, 6.45) is 4.89. The number of hydrogen-bond donors (Lipinski definition) is 0. The molecule has 0 saturated carbocycles. The third-order valence-electron chi connectivity index (χ3n) is 5.87. The molecule has 2 heterocycles. The number of halogens is 2. The first-order valence-corrected chi connectivity index (χ1v) is 12.0. The molecule has 0 bridgehead atoms. The molecule has 0 amide bonds. The number of rotatable bonds is 8. The minimum absolute atomic E-state index is 0.112. The molecular formula is C28H27Cl2N3O2. The summed E-state index contributed by atoms with van der Waals surface area (Å²) < 4.78 is 11.8. The highest BCUT2D eigenvalue weighted by Crippen LogP contribution is 2.38. The van der Waals surface area contributed by atoms with E-state index in [1.807, 2.05) is 50.1 Å². The van der Waals surface area contributed by atoms with Crippen molar-refractivity contribution in [1.82, 2.24) is 10.1 Å². The molecule has 0 unspecified atom stereocenters. The Morgan fingerprint density at radius 3 is 2.34 bits per heavy atom. The maximum absolute atomic E-state index is 6.39. The van der Waals surface area contributed by atoms with E-state index in [1.165, 1.54) is 5.56 Å². The lowest BCUT2D eigenvalue weighted by molar-refractivity contribution is 0.298. The summed E-state index contributed by atoms with van der Waals surface area (Å²) >= 11 is 12.8. The van der Waals surface area contributed by atoms with Gasteiger partial charge in [0.05, 0.1) is 15.6 Å². The highest BCUT2D eigenvalue weighted by atomic mass is 35.5. The Bertz CT molecular complexity index is 1330. The summed E-state index contributed by atoms with van der Waals surface area (Å²) in [4.78, 5) is 6.05. The van der Waals surface area contributed by atoms with Crippen molar-refractivity contribution in [1.29, 1.82) is 0 Å². The van der Waals surface area contributed by atoms with Crippen LogP contribution in [0.4, 0.5) is 5.69 Å². The fourth-order valence-electron chi connectivity index (χ4n) is 3.92. The molecule has 0 spiro atoms. The summed E-state index contributed by atoms with van der Waals surface area (Å²) in [7, 11) is 1.99. The molecule has 5 nitrogen and oxygen atoms in total. The zero-order valence-corrected chi connectivity index (χ0v) is 21.7. The van der Waals surface area contributed by atoms with Crippen molar-refractivity contribution in [3.63, 3.8) is 0 Å². The van der Waals surface area contributed by atoms with E-state index < -0.39 is 0 Å². The SMILES string of the molecule is C=CN(C)c1cc(-c2ccc(OCc3c(-c4c(Cl)cncc4Cl)noc3C(C)C)cc2)ccc1C. The summed E-state index contributed by atoms with van der Waals surface area (Å²) in [5.74, 6) is 1.58. The molecule has 0 radical (unpaired) electrons. The Labute approximate surface area is 215 Å². The van der Waals surface area contributed by atoms with E-state index in [1.54, 1.807) is 18.6 Å². The normalized spacial score (nSPS) is 11.1. The van der Waals surface area contributed by atoms with E-state index in [2.05, 4.69) is 41.8 Å². The van der Waals surface area contributed by atoms with Crippen LogP contribution >= 0.6 is 23.2 Å². The van der Waals surface area contributed by atoms with E-state index in [4.69, 9.17) is 32.5 Å². The van der Waals surface area contributed by atoms with Crippen LogP contribution in [0, 0.1) is 6.92 Å². The summed E-state index contributed by atoms with van der Waals surface area (Å²) in [6, 6.07) is 14.4. The van der Waals surface area contributed by atoms with Crippen molar-refractivity contribution in [2.45, 2.75) is 33.3 Å². The van der Waals surface area contributed by atoms with Gasteiger partial charge < -0.3 is 14.2 Å². The van der Waals surface area contributed by atoms with Crippen molar-refractivity contribution in [3.05, 3.63) is 94.6 Å². The largest absolute Gasteiger partial charge is 0.489 e. The lowest BCUT2D eigenvalue weighted by Gasteiger charge is -2.18. The van der Waals surface area contributed by atoms with Gasteiger partial charge in [-0.3, -0.25) is 4.98 Å².